The van der Waals surface area contributed by atoms with Crippen molar-refractivity contribution in [2.75, 3.05) is 6.61 Å². The molecule has 0 amide bonds. The molecule has 25 heavy (non-hydrogen) atoms. The van der Waals surface area contributed by atoms with Gasteiger partial charge in [0, 0.05) is 6.61 Å². The van der Waals surface area contributed by atoms with Gasteiger partial charge in [0.25, 0.3) is 0 Å². The van der Waals surface area contributed by atoms with Gasteiger partial charge in [0.1, 0.15) is 0 Å². The summed E-state index contributed by atoms with van der Waals surface area (Å²) in [6.45, 7) is 13.8. The number of rotatable bonds is 3. The van der Waals surface area contributed by atoms with Crippen LogP contribution in [0.1, 0.15) is 98.8 Å². The first-order valence-corrected chi connectivity index (χ1v) is 11.4. The largest absolute Gasteiger partial charge is 0.378 e. The molecule has 0 saturated heterocycles. The molecular formula is C24H42O. The summed E-state index contributed by atoms with van der Waals surface area (Å²) in [5.41, 5.74) is 1.62. The molecule has 0 heterocycles. The maximum Gasteiger partial charge on any atom is 0.0631 e. The van der Waals surface area contributed by atoms with Crippen LogP contribution < -0.4 is 0 Å². The minimum absolute atomic E-state index is 0.450. The Labute approximate surface area is 156 Å². The van der Waals surface area contributed by atoms with E-state index in [4.69, 9.17) is 4.74 Å². The molecule has 4 aliphatic carbocycles. The summed E-state index contributed by atoms with van der Waals surface area (Å²) in [7, 11) is 0. The zero-order valence-electron chi connectivity index (χ0n) is 17.6. The highest BCUT2D eigenvalue weighted by Gasteiger charge is 2.64. The zero-order chi connectivity index (χ0) is 17.9. The van der Waals surface area contributed by atoms with E-state index in [9.17, 15) is 0 Å². The van der Waals surface area contributed by atoms with E-state index >= 15 is 0 Å². The third kappa shape index (κ3) is 2.66. The fourth-order valence-electron chi connectivity index (χ4n) is 8.48. The van der Waals surface area contributed by atoms with Gasteiger partial charge in [0.05, 0.1) is 6.10 Å². The van der Waals surface area contributed by atoms with E-state index < -0.39 is 0 Å². The van der Waals surface area contributed by atoms with Crippen LogP contribution in [0.15, 0.2) is 0 Å². The third-order valence-corrected chi connectivity index (χ3v) is 9.68. The molecule has 0 aromatic heterocycles. The van der Waals surface area contributed by atoms with Crippen molar-refractivity contribution >= 4 is 0 Å². The Bertz CT molecular complexity index is 496. The molecule has 0 aromatic rings. The molecule has 4 saturated carbocycles. The van der Waals surface area contributed by atoms with E-state index in [0.29, 0.717) is 22.3 Å². The molecule has 0 spiro atoms. The summed E-state index contributed by atoms with van der Waals surface area (Å²) in [5.74, 6) is 3.81. The summed E-state index contributed by atoms with van der Waals surface area (Å²) in [4.78, 5) is 0. The summed E-state index contributed by atoms with van der Waals surface area (Å²) in [6.07, 6.45) is 14.8. The topological polar surface area (TPSA) is 9.23 Å². The Morgan fingerprint density at radius 3 is 2.36 bits per heavy atom. The molecule has 1 heteroatoms. The average Bonchev–Trinajstić information content (AvgIpc) is 2.89. The third-order valence-electron chi connectivity index (χ3n) is 9.68. The minimum atomic E-state index is 0.450. The van der Waals surface area contributed by atoms with Crippen LogP contribution in [0.3, 0.4) is 0 Å². The SMILES string of the molecule is CCCOC1CC[C@H]2[C@H]3[C@@H](CC[C@]12C)[C@@]1(C)CCCCC1CC3(C)C. The van der Waals surface area contributed by atoms with E-state index in [1.54, 1.807) is 0 Å². The van der Waals surface area contributed by atoms with Gasteiger partial charge in [-0.05, 0) is 91.3 Å². The Kier molecular flexibility index (Phi) is 4.58. The van der Waals surface area contributed by atoms with Crippen LogP contribution in [0.4, 0.5) is 0 Å². The first kappa shape index (κ1) is 18.3. The number of ether oxygens (including phenoxy) is 1. The van der Waals surface area contributed by atoms with Gasteiger partial charge in [-0.3, -0.25) is 0 Å². The molecule has 0 aliphatic heterocycles. The first-order valence-electron chi connectivity index (χ1n) is 11.4. The van der Waals surface area contributed by atoms with Gasteiger partial charge in [-0.1, -0.05) is 47.5 Å². The second-order valence-electron chi connectivity index (χ2n) is 11.4. The Hall–Kier alpha value is -0.0400. The molecule has 0 N–H and O–H groups in total. The second-order valence-corrected chi connectivity index (χ2v) is 11.4. The number of hydrogen-bond acceptors (Lipinski definition) is 1. The zero-order valence-corrected chi connectivity index (χ0v) is 17.6. The van der Waals surface area contributed by atoms with Crippen molar-refractivity contribution < 1.29 is 4.74 Å². The number of hydrogen-bond donors (Lipinski definition) is 0. The van der Waals surface area contributed by atoms with Crippen LogP contribution in [0.25, 0.3) is 0 Å². The molecular weight excluding hydrogens is 304 g/mol. The lowest BCUT2D eigenvalue weighted by molar-refractivity contribution is -0.176. The highest BCUT2D eigenvalue weighted by Crippen LogP contribution is 2.70. The van der Waals surface area contributed by atoms with Crippen molar-refractivity contribution in [1.82, 2.24) is 0 Å². The van der Waals surface area contributed by atoms with Gasteiger partial charge in [0.15, 0.2) is 0 Å². The standard InChI is InChI=1S/C24H42O/c1-6-15-25-20-11-10-18-21-19(12-14-24(18,20)5)23(4)13-8-7-9-17(23)16-22(21,2)3/h17-21H,6-16H2,1-5H3/t17?,18-,19+,20?,21-,23-,24-/m0/s1. The Morgan fingerprint density at radius 1 is 0.840 bits per heavy atom. The molecule has 144 valence electrons. The Balaban J connectivity index is 1.65. The van der Waals surface area contributed by atoms with Crippen LogP contribution in [-0.4, -0.2) is 12.7 Å². The van der Waals surface area contributed by atoms with E-state index in [0.717, 1.165) is 36.7 Å². The van der Waals surface area contributed by atoms with E-state index in [2.05, 4.69) is 34.6 Å². The smallest absolute Gasteiger partial charge is 0.0631 e. The van der Waals surface area contributed by atoms with Gasteiger partial charge >= 0.3 is 0 Å². The minimum Gasteiger partial charge on any atom is -0.378 e. The molecule has 7 atom stereocenters. The lowest BCUT2D eigenvalue weighted by Gasteiger charge is -2.65. The van der Waals surface area contributed by atoms with E-state index in [1.807, 2.05) is 0 Å². The lowest BCUT2D eigenvalue weighted by atomic mass is 9.40. The monoisotopic (exact) mass is 346 g/mol. The first-order chi connectivity index (χ1) is 11.8. The van der Waals surface area contributed by atoms with Gasteiger partial charge in [-0.2, -0.15) is 0 Å². The van der Waals surface area contributed by atoms with Crippen LogP contribution >= 0.6 is 0 Å². The van der Waals surface area contributed by atoms with Gasteiger partial charge < -0.3 is 4.74 Å². The van der Waals surface area contributed by atoms with E-state index in [-0.39, 0.29) is 0 Å². The van der Waals surface area contributed by atoms with Crippen LogP contribution in [0.5, 0.6) is 0 Å². The molecule has 2 unspecified atom stereocenters. The molecule has 0 bridgehead atoms. The number of fused-ring (bicyclic) bond motifs is 5. The Morgan fingerprint density at radius 2 is 1.60 bits per heavy atom. The summed E-state index contributed by atoms with van der Waals surface area (Å²) < 4.78 is 6.40. The maximum absolute atomic E-state index is 6.40. The van der Waals surface area contributed by atoms with Crippen LogP contribution in [0, 0.1) is 39.9 Å². The van der Waals surface area contributed by atoms with Gasteiger partial charge in [0.2, 0.25) is 0 Å². The highest BCUT2D eigenvalue weighted by molar-refractivity contribution is 5.13. The quantitative estimate of drug-likeness (QED) is 0.543. The molecule has 4 aliphatic rings. The maximum atomic E-state index is 6.40. The lowest BCUT2D eigenvalue weighted by Crippen LogP contribution is -2.59. The van der Waals surface area contributed by atoms with Crippen molar-refractivity contribution in [3.63, 3.8) is 0 Å². The normalized spacial score (nSPS) is 51.5. The second kappa shape index (κ2) is 6.25. The fourth-order valence-corrected chi connectivity index (χ4v) is 8.48. The predicted molar refractivity (Wildman–Crippen MR) is 106 cm³/mol. The van der Waals surface area contributed by atoms with Crippen molar-refractivity contribution in [2.24, 2.45) is 39.9 Å². The van der Waals surface area contributed by atoms with Crippen molar-refractivity contribution in [1.29, 1.82) is 0 Å². The van der Waals surface area contributed by atoms with Crippen LogP contribution in [0.2, 0.25) is 0 Å². The predicted octanol–water partition coefficient (Wildman–Crippen LogP) is 6.85. The molecule has 4 fully saturated rings. The highest BCUT2D eigenvalue weighted by atomic mass is 16.5. The summed E-state index contributed by atoms with van der Waals surface area (Å²) >= 11 is 0. The summed E-state index contributed by atoms with van der Waals surface area (Å²) in [5, 5.41) is 0. The van der Waals surface area contributed by atoms with Crippen molar-refractivity contribution in [3.8, 4) is 0 Å². The molecule has 0 aromatic carbocycles. The summed E-state index contributed by atoms with van der Waals surface area (Å²) in [6, 6.07) is 0. The van der Waals surface area contributed by atoms with E-state index in [1.165, 1.54) is 57.8 Å². The molecule has 4 rings (SSSR count). The van der Waals surface area contributed by atoms with Gasteiger partial charge in [-0.15, -0.1) is 0 Å². The van der Waals surface area contributed by atoms with Crippen LogP contribution in [-0.2, 0) is 4.74 Å². The fraction of sp³-hybridized carbons (Fsp3) is 1.00. The molecule has 1 nitrogen and oxygen atoms in total. The van der Waals surface area contributed by atoms with Crippen molar-refractivity contribution in [2.45, 2.75) is 105 Å². The molecule has 0 radical (unpaired) electrons. The van der Waals surface area contributed by atoms with Gasteiger partial charge in [-0.25, -0.2) is 0 Å². The average molecular weight is 347 g/mol. The van der Waals surface area contributed by atoms with Crippen molar-refractivity contribution in [3.05, 3.63) is 0 Å².